The summed E-state index contributed by atoms with van der Waals surface area (Å²) in [4.78, 5) is 23.3. The largest absolute Gasteiger partial charge is 0.490 e. The summed E-state index contributed by atoms with van der Waals surface area (Å²) in [5, 5.41) is 23.8. The van der Waals surface area contributed by atoms with Crippen molar-refractivity contribution in [2.24, 2.45) is 0 Å². The Bertz CT molecular complexity index is 995. The van der Waals surface area contributed by atoms with Crippen molar-refractivity contribution >= 4 is 17.6 Å². The molecule has 31 heavy (non-hydrogen) atoms. The third-order valence-corrected chi connectivity index (χ3v) is 4.14. The van der Waals surface area contributed by atoms with Crippen molar-refractivity contribution < 1.29 is 24.2 Å². The van der Waals surface area contributed by atoms with Crippen LogP contribution in [0.1, 0.15) is 29.8 Å². The van der Waals surface area contributed by atoms with Crippen LogP contribution in [-0.2, 0) is 11.2 Å². The van der Waals surface area contributed by atoms with Gasteiger partial charge in [-0.3, -0.25) is 4.79 Å². The zero-order valence-corrected chi connectivity index (χ0v) is 17.5. The van der Waals surface area contributed by atoms with Crippen LogP contribution in [0, 0.1) is 11.3 Å². The van der Waals surface area contributed by atoms with Gasteiger partial charge in [0, 0.05) is 18.4 Å². The zero-order valence-electron chi connectivity index (χ0n) is 17.5. The average molecular weight is 423 g/mol. The van der Waals surface area contributed by atoms with Crippen molar-refractivity contribution in [3.63, 3.8) is 0 Å². The molecule has 1 amide bonds. The molecule has 0 atom stereocenters. The highest BCUT2D eigenvalue weighted by Crippen LogP contribution is 2.28. The van der Waals surface area contributed by atoms with Gasteiger partial charge in [0.2, 0.25) is 0 Å². The number of nitriles is 1. The summed E-state index contributed by atoms with van der Waals surface area (Å²) in [5.74, 6) is -0.359. The first-order valence-corrected chi connectivity index (χ1v) is 9.85. The molecule has 0 aliphatic rings. The molecule has 0 radical (unpaired) electrons. The summed E-state index contributed by atoms with van der Waals surface area (Å²) in [6.07, 6.45) is 1.98. The number of carboxylic acids is 1. The SMILES string of the molecule is CCOc1ccc(CCN/C=C(/C#N)C(=O)Nc2cccc(C(=O)O)c2)cc1OCC. The third kappa shape index (κ3) is 7.08. The van der Waals surface area contributed by atoms with Crippen LogP contribution < -0.4 is 20.1 Å². The van der Waals surface area contributed by atoms with Gasteiger partial charge in [-0.1, -0.05) is 12.1 Å². The molecule has 2 aromatic carbocycles. The lowest BCUT2D eigenvalue weighted by Gasteiger charge is -2.12. The van der Waals surface area contributed by atoms with E-state index in [1.807, 2.05) is 38.1 Å². The van der Waals surface area contributed by atoms with E-state index in [1.165, 1.54) is 24.4 Å². The van der Waals surface area contributed by atoms with Crippen LogP contribution >= 0.6 is 0 Å². The van der Waals surface area contributed by atoms with Crippen molar-refractivity contribution in [2.75, 3.05) is 25.1 Å². The molecule has 162 valence electrons. The second kappa shape index (κ2) is 11.9. The summed E-state index contributed by atoms with van der Waals surface area (Å²) in [5.41, 5.74) is 1.23. The van der Waals surface area contributed by atoms with E-state index in [0.29, 0.717) is 43.4 Å². The van der Waals surface area contributed by atoms with Gasteiger partial charge in [0.15, 0.2) is 11.5 Å². The maximum atomic E-state index is 12.3. The molecular formula is C23H25N3O5. The Labute approximate surface area is 181 Å². The Kier molecular flexibility index (Phi) is 8.92. The first-order chi connectivity index (χ1) is 15.0. The fraction of sp³-hybridized carbons (Fsp3) is 0.261. The van der Waals surface area contributed by atoms with Crippen LogP contribution in [0.4, 0.5) is 5.69 Å². The maximum Gasteiger partial charge on any atom is 0.335 e. The zero-order chi connectivity index (χ0) is 22.6. The molecule has 2 rings (SSSR count). The first-order valence-electron chi connectivity index (χ1n) is 9.85. The van der Waals surface area contributed by atoms with Gasteiger partial charge in [0.25, 0.3) is 5.91 Å². The van der Waals surface area contributed by atoms with Gasteiger partial charge in [0.05, 0.1) is 18.8 Å². The number of benzene rings is 2. The number of nitrogens with one attached hydrogen (secondary N) is 2. The molecule has 0 saturated carbocycles. The molecular weight excluding hydrogens is 398 g/mol. The molecule has 0 saturated heterocycles. The average Bonchev–Trinajstić information content (AvgIpc) is 2.76. The molecule has 0 aliphatic carbocycles. The minimum absolute atomic E-state index is 0.0418. The van der Waals surface area contributed by atoms with Gasteiger partial charge >= 0.3 is 5.97 Å². The van der Waals surface area contributed by atoms with Crippen molar-refractivity contribution in [2.45, 2.75) is 20.3 Å². The van der Waals surface area contributed by atoms with Crippen molar-refractivity contribution in [1.82, 2.24) is 5.32 Å². The lowest BCUT2D eigenvalue weighted by Crippen LogP contribution is -2.18. The quantitative estimate of drug-likeness (QED) is 0.288. The van der Waals surface area contributed by atoms with Crippen LogP contribution in [0.3, 0.4) is 0 Å². The lowest BCUT2D eigenvalue weighted by atomic mass is 10.1. The highest BCUT2D eigenvalue weighted by atomic mass is 16.5. The van der Waals surface area contributed by atoms with E-state index < -0.39 is 11.9 Å². The van der Waals surface area contributed by atoms with Gasteiger partial charge in [0.1, 0.15) is 11.6 Å². The fourth-order valence-corrected chi connectivity index (χ4v) is 2.72. The number of amides is 1. The number of aromatic carboxylic acids is 1. The molecule has 0 unspecified atom stereocenters. The highest BCUT2D eigenvalue weighted by molar-refractivity contribution is 6.06. The lowest BCUT2D eigenvalue weighted by molar-refractivity contribution is -0.112. The standard InChI is InChI=1S/C23H25N3O5/c1-3-30-20-9-8-16(12-21(20)31-4-2)10-11-25-15-18(14-24)22(27)26-19-7-5-6-17(13-19)23(28)29/h5-9,12-13,15,25H,3-4,10-11H2,1-2H3,(H,26,27)(H,28,29)/b18-15-. The Morgan fingerprint density at radius 1 is 1.10 bits per heavy atom. The van der Waals surface area contributed by atoms with Crippen LogP contribution in [0.5, 0.6) is 11.5 Å². The Hall–Kier alpha value is -3.99. The summed E-state index contributed by atoms with van der Waals surface area (Å²) >= 11 is 0. The van der Waals surface area contributed by atoms with E-state index in [-0.39, 0.29) is 11.1 Å². The molecule has 0 heterocycles. The number of hydrogen-bond donors (Lipinski definition) is 3. The van der Waals surface area contributed by atoms with Crippen LogP contribution in [0.15, 0.2) is 54.2 Å². The van der Waals surface area contributed by atoms with Gasteiger partial charge in [-0.05, 0) is 56.2 Å². The molecule has 0 bridgehead atoms. The number of rotatable bonds is 11. The van der Waals surface area contributed by atoms with Crippen molar-refractivity contribution in [1.29, 1.82) is 5.26 Å². The number of carbonyl (C=O) groups is 2. The molecule has 8 heteroatoms. The molecule has 0 fully saturated rings. The van der Waals surface area contributed by atoms with Gasteiger partial charge in [-0.2, -0.15) is 5.26 Å². The van der Waals surface area contributed by atoms with Crippen molar-refractivity contribution in [3.05, 3.63) is 65.4 Å². The van der Waals surface area contributed by atoms with Gasteiger partial charge in [-0.25, -0.2) is 4.79 Å². The summed E-state index contributed by atoms with van der Waals surface area (Å²) in [6.45, 7) is 5.38. The highest BCUT2D eigenvalue weighted by Gasteiger charge is 2.11. The molecule has 8 nitrogen and oxygen atoms in total. The molecule has 0 aliphatic heterocycles. The summed E-state index contributed by atoms with van der Waals surface area (Å²) < 4.78 is 11.2. The Morgan fingerprint density at radius 2 is 1.84 bits per heavy atom. The second-order valence-corrected chi connectivity index (χ2v) is 6.36. The van der Waals surface area contributed by atoms with E-state index >= 15 is 0 Å². The Balaban J connectivity index is 1.95. The van der Waals surface area contributed by atoms with Gasteiger partial charge in [-0.15, -0.1) is 0 Å². The van der Waals surface area contributed by atoms with Crippen LogP contribution in [0.2, 0.25) is 0 Å². The minimum atomic E-state index is -1.10. The third-order valence-electron chi connectivity index (χ3n) is 4.14. The number of ether oxygens (including phenoxy) is 2. The Morgan fingerprint density at radius 3 is 2.52 bits per heavy atom. The normalized spacial score (nSPS) is 10.7. The van der Waals surface area contributed by atoms with E-state index in [9.17, 15) is 14.9 Å². The fourth-order valence-electron chi connectivity index (χ4n) is 2.72. The molecule has 0 spiro atoms. The van der Waals surface area contributed by atoms with E-state index in [0.717, 1.165) is 5.56 Å². The molecule has 3 N–H and O–H groups in total. The first kappa shape index (κ1) is 23.3. The second-order valence-electron chi connectivity index (χ2n) is 6.36. The van der Waals surface area contributed by atoms with E-state index in [4.69, 9.17) is 14.6 Å². The maximum absolute atomic E-state index is 12.3. The van der Waals surface area contributed by atoms with Crippen molar-refractivity contribution in [3.8, 4) is 17.6 Å². The molecule has 2 aromatic rings. The summed E-state index contributed by atoms with van der Waals surface area (Å²) in [7, 11) is 0. The number of nitrogens with zero attached hydrogens (tertiary/aromatic N) is 1. The topological polar surface area (TPSA) is 121 Å². The minimum Gasteiger partial charge on any atom is -0.490 e. The predicted molar refractivity (Wildman–Crippen MR) is 116 cm³/mol. The number of hydrogen-bond acceptors (Lipinski definition) is 6. The van der Waals surface area contributed by atoms with Crippen LogP contribution in [-0.4, -0.2) is 36.7 Å². The van der Waals surface area contributed by atoms with E-state index in [2.05, 4.69) is 10.6 Å². The predicted octanol–water partition coefficient (Wildman–Crippen LogP) is 3.36. The summed E-state index contributed by atoms with van der Waals surface area (Å²) in [6, 6.07) is 13.3. The number of carbonyl (C=O) groups excluding carboxylic acids is 1. The monoisotopic (exact) mass is 423 g/mol. The number of carboxylic acid groups (broad SMARTS) is 1. The van der Waals surface area contributed by atoms with Crippen LogP contribution in [0.25, 0.3) is 0 Å². The van der Waals surface area contributed by atoms with Gasteiger partial charge < -0.3 is 25.2 Å². The number of anilines is 1. The smallest absolute Gasteiger partial charge is 0.335 e. The van der Waals surface area contributed by atoms with E-state index in [1.54, 1.807) is 6.07 Å². The molecule has 0 aromatic heterocycles.